The number of hydrogen-bond acceptors (Lipinski definition) is 5. The van der Waals surface area contributed by atoms with E-state index < -0.39 is 0 Å². The Morgan fingerprint density at radius 3 is 2.76 bits per heavy atom. The first-order valence-corrected chi connectivity index (χ1v) is 11.7. The normalized spacial score (nSPS) is 15.1. The van der Waals surface area contributed by atoms with Crippen molar-refractivity contribution in [3.05, 3.63) is 94.5 Å². The first-order chi connectivity index (χ1) is 16.2. The Morgan fingerprint density at radius 2 is 1.88 bits per heavy atom. The van der Waals surface area contributed by atoms with E-state index in [0.717, 1.165) is 39.9 Å². The molecule has 2 aromatic carbocycles. The zero-order valence-electron chi connectivity index (χ0n) is 17.7. The third kappa shape index (κ3) is 3.50. The number of carbonyl (C=O) groups is 1. The van der Waals surface area contributed by atoms with E-state index in [1.165, 1.54) is 27.8 Å². The molecule has 6 nitrogen and oxygen atoms in total. The lowest BCUT2D eigenvalue weighted by Crippen LogP contribution is -2.34. The van der Waals surface area contributed by atoms with E-state index in [-0.39, 0.29) is 24.1 Å². The maximum atomic E-state index is 13.1. The predicted molar refractivity (Wildman–Crippen MR) is 130 cm³/mol. The fourth-order valence-corrected chi connectivity index (χ4v) is 5.61. The summed E-state index contributed by atoms with van der Waals surface area (Å²) in [5.41, 5.74) is 4.73. The monoisotopic (exact) mass is 452 g/mol. The van der Waals surface area contributed by atoms with Crippen molar-refractivity contribution in [1.29, 1.82) is 0 Å². The molecular weight excluding hydrogens is 432 g/mol. The lowest BCUT2D eigenvalue weighted by Gasteiger charge is -2.14. The Labute approximate surface area is 193 Å². The van der Waals surface area contributed by atoms with Crippen molar-refractivity contribution in [3.8, 4) is 11.3 Å². The van der Waals surface area contributed by atoms with Crippen LogP contribution in [0.3, 0.4) is 0 Å². The molecule has 3 heterocycles. The summed E-state index contributed by atoms with van der Waals surface area (Å²) in [5, 5.41) is 3.93. The molecule has 1 N–H and O–H groups in total. The van der Waals surface area contributed by atoms with Gasteiger partial charge in [0, 0.05) is 10.9 Å². The minimum Gasteiger partial charge on any atom is -0.348 e. The second-order valence-corrected chi connectivity index (χ2v) is 9.23. The van der Waals surface area contributed by atoms with E-state index in [9.17, 15) is 9.59 Å². The molecule has 1 aliphatic carbocycles. The topological polar surface area (TPSA) is 76.9 Å². The van der Waals surface area contributed by atoms with Crippen LogP contribution in [0.4, 0.5) is 0 Å². The molecule has 33 heavy (non-hydrogen) atoms. The fourth-order valence-electron chi connectivity index (χ4n) is 4.53. The highest BCUT2D eigenvalue weighted by Gasteiger charge is 2.23. The van der Waals surface area contributed by atoms with Crippen LogP contribution in [0.15, 0.2) is 77.9 Å². The van der Waals surface area contributed by atoms with E-state index in [1.807, 2.05) is 54.6 Å². The van der Waals surface area contributed by atoms with Crippen molar-refractivity contribution in [1.82, 2.24) is 19.9 Å². The fraction of sp³-hybridized carbons (Fsp3) is 0.154. The van der Waals surface area contributed by atoms with Gasteiger partial charge >= 0.3 is 0 Å². The number of pyridine rings is 1. The number of aryl methyl sites for hydroxylation is 1. The van der Waals surface area contributed by atoms with Crippen molar-refractivity contribution in [2.45, 2.75) is 25.4 Å². The zero-order chi connectivity index (χ0) is 22.4. The number of benzene rings is 2. The van der Waals surface area contributed by atoms with E-state index in [4.69, 9.17) is 4.98 Å². The molecular formula is C26H20N4O2S. The van der Waals surface area contributed by atoms with E-state index in [0.29, 0.717) is 10.2 Å². The van der Waals surface area contributed by atoms with Gasteiger partial charge in [0.15, 0.2) is 0 Å². The second-order valence-electron chi connectivity index (χ2n) is 8.23. The van der Waals surface area contributed by atoms with Crippen molar-refractivity contribution in [3.63, 3.8) is 0 Å². The van der Waals surface area contributed by atoms with Gasteiger partial charge in [-0.05, 0) is 36.1 Å². The van der Waals surface area contributed by atoms with E-state index >= 15 is 0 Å². The molecule has 0 radical (unpaired) electrons. The van der Waals surface area contributed by atoms with Crippen LogP contribution in [0.2, 0.25) is 0 Å². The largest absolute Gasteiger partial charge is 0.348 e. The van der Waals surface area contributed by atoms with Crippen LogP contribution >= 0.6 is 11.3 Å². The number of aromatic nitrogens is 3. The molecule has 162 valence electrons. The summed E-state index contributed by atoms with van der Waals surface area (Å²) in [5.74, 6) is -0.189. The number of rotatable bonds is 4. The van der Waals surface area contributed by atoms with Crippen LogP contribution in [0, 0.1) is 0 Å². The third-order valence-corrected chi connectivity index (χ3v) is 7.24. The molecule has 0 bridgehead atoms. The molecule has 5 aromatic rings. The zero-order valence-corrected chi connectivity index (χ0v) is 18.5. The van der Waals surface area contributed by atoms with Gasteiger partial charge in [0.25, 0.3) is 5.56 Å². The number of amides is 1. The minimum atomic E-state index is -0.216. The second kappa shape index (κ2) is 7.94. The maximum absolute atomic E-state index is 13.1. The van der Waals surface area contributed by atoms with Crippen LogP contribution in [-0.4, -0.2) is 20.4 Å². The molecule has 3 aromatic heterocycles. The molecule has 0 aliphatic heterocycles. The standard InChI is InChI=1S/C26H20N4O2S/c31-22(28-21-12-10-16-6-4-5-9-18(16)21)14-30-15-27-23-19-11-13-20(17-7-2-1-3-8-17)29-25(19)33-24(23)26(30)32/h1-9,11,13,15,21H,10,12,14H2,(H,28,31). The lowest BCUT2D eigenvalue weighted by atomic mass is 10.1. The van der Waals surface area contributed by atoms with Gasteiger partial charge < -0.3 is 5.32 Å². The minimum absolute atomic E-state index is 0.00831. The maximum Gasteiger partial charge on any atom is 0.271 e. The smallest absolute Gasteiger partial charge is 0.271 e. The average Bonchev–Trinajstić information content (AvgIpc) is 3.43. The van der Waals surface area contributed by atoms with Crippen LogP contribution in [0.1, 0.15) is 23.6 Å². The Morgan fingerprint density at radius 1 is 1.06 bits per heavy atom. The first-order valence-electron chi connectivity index (χ1n) is 10.9. The molecule has 0 saturated carbocycles. The quantitative estimate of drug-likeness (QED) is 0.436. The number of fused-ring (bicyclic) bond motifs is 4. The summed E-state index contributed by atoms with van der Waals surface area (Å²) >= 11 is 1.32. The molecule has 1 aliphatic rings. The summed E-state index contributed by atoms with van der Waals surface area (Å²) in [4.78, 5) is 35.9. The van der Waals surface area contributed by atoms with Crippen LogP contribution in [-0.2, 0) is 17.8 Å². The molecule has 0 spiro atoms. The number of nitrogens with zero attached hydrogens (tertiary/aromatic N) is 3. The molecule has 0 saturated heterocycles. The highest BCUT2D eigenvalue weighted by Crippen LogP contribution is 2.32. The molecule has 7 heteroatoms. The van der Waals surface area contributed by atoms with Crippen molar-refractivity contribution < 1.29 is 4.79 Å². The average molecular weight is 453 g/mol. The number of hydrogen-bond donors (Lipinski definition) is 1. The summed E-state index contributed by atoms with van der Waals surface area (Å²) in [7, 11) is 0. The van der Waals surface area contributed by atoms with Gasteiger partial charge in [0.1, 0.15) is 16.1 Å². The SMILES string of the molecule is O=C(Cn1cnc2c(sc3nc(-c4ccccc4)ccc32)c1=O)NC1CCc2ccccc21. The molecule has 1 atom stereocenters. The van der Waals surface area contributed by atoms with Crippen molar-refractivity contribution in [2.24, 2.45) is 0 Å². The highest BCUT2D eigenvalue weighted by molar-refractivity contribution is 7.25. The van der Waals surface area contributed by atoms with Gasteiger partial charge in [-0.15, -0.1) is 11.3 Å². The first kappa shape index (κ1) is 19.8. The predicted octanol–water partition coefficient (Wildman–Crippen LogP) is 4.48. The summed E-state index contributed by atoms with van der Waals surface area (Å²) in [6, 6.07) is 22.0. The summed E-state index contributed by atoms with van der Waals surface area (Å²) in [6.45, 7) is -0.0582. The lowest BCUT2D eigenvalue weighted by molar-refractivity contribution is -0.122. The van der Waals surface area contributed by atoms with Gasteiger partial charge in [-0.25, -0.2) is 9.97 Å². The van der Waals surface area contributed by atoms with Crippen molar-refractivity contribution >= 4 is 37.7 Å². The number of thiophene rings is 1. The highest BCUT2D eigenvalue weighted by atomic mass is 32.1. The van der Waals surface area contributed by atoms with Gasteiger partial charge in [0.2, 0.25) is 5.91 Å². The van der Waals surface area contributed by atoms with Crippen LogP contribution < -0.4 is 10.9 Å². The van der Waals surface area contributed by atoms with Crippen LogP contribution in [0.25, 0.3) is 31.7 Å². The number of carbonyl (C=O) groups excluding carboxylic acids is 1. The Balaban J connectivity index is 1.29. The van der Waals surface area contributed by atoms with Gasteiger partial charge in [-0.1, -0.05) is 54.6 Å². The number of nitrogens with one attached hydrogen (secondary N) is 1. The van der Waals surface area contributed by atoms with Crippen molar-refractivity contribution in [2.75, 3.05) is 0 Å². The third-order valence-electron chi connectivity index (χ3n) is 6.16. The van der Waals surface area contributed by atoms with Gasteiger partial charge in [-0.3, -0.25) is 14.2 Å². The molecule has 6 rings (SSSR count). The molecule has 0 fully saturated rings. The summed E-state index contributed by atoms with van der Waals surface area (Å²) < 4.78 is 1.90. The van der Waals surface area contributed by atoms with E-state index in [2.05, 4.69) is 22.4 Å². The Bertz CT molecular complexity index is 1570. The van der Waals surface area contributed by atoms with Crippen LogP contribution in [0.5, 0.6) is 0 Å². The van der Waals surface area contributed by atoms with E-state index in [1.54, 1.807) is 0 Å². The Hall–Kier alpha value is -3.84. The summed E-state index contributed by atoms with van der Waals surface area (Å²) in [6.07, 6.45) is 3.29. The van der Waals surface area contributed by atoms with Gasteiger partial charge in [0.05, 0.1) is 23.6 Å². The van der Waals surface area contributed by atoms with Gasteiger partial charge in [-0.2, -0.15) is 0 Å². The Kier molecular flexibility index (Phi) is 4.77. The molecule has 1 unspecified atom stereocenters. The molecule has 1 amide bonds.